The van der Waals surface area contributed by atoms with Crippen LogP contribution in [0.2, 0.25) is 5.02 Å². The minimum Gasteiger partial charge on any atom is -0.379 e. The Bertz CT molecular complexity index is 412. The quantitative estimate of drug-likeness (QED) is 0.841. The second-order valence-corrected chi connectivity index (χ2v) is 3.72. The molecule has 1 aliphatic rings. The monoisotopic (exact) mass is 238 g/mol. The van der Waals surface area contributed by atoms with Gasteiger partial charge in [0.05, 0.1) is 18.8 Å². The van der Waals surface area contributed by atoms with Crippen molar-refractivity contribution in [3.8, 4) is 6.07 Å². The van der Waals surface area contributed by atoms with E-state index in [4.69, 9.17) is 21.6 Å². The highest BCUT2D eigenvalue weighted by molar-refractivity contribution is 6.34. The van der Waals surface area contributed by atoms with Crippen LogP contribution in [0.15, 0.2) is 12.3 Å². The molecule has 2 heterocycles. The van der Waals surface area contributed by atoms with Gasteiger partial charge in [-0.25, -0.2) is 9.99 Å². The van der Waals surface area contributed by atoms with Gasteiger partial charge in [0.15, 0.2) is 5.82 Å². The van der Waals surface area contributed by atoms with Crippen molar-refractivity contribution in [2.75, 3.05) is 31.7 Å². The first-order valence-corrected chi connectivity index (χ1v) is 5.33. The number of ether oxygens (including phenoxy) is 1. The van der Waals surface area contributed by atoms with Crippen molar-refractivity contribution in [3.63, 3.8) is 0 Å². The van der Waals surface area contributed by atoms with E-state index < -0.39 is 0 Å². The Balaban J connectivity index is 2.12. The first-order chi connectivity index (χ1) is 7.81. The van der Waals surface area contributed by atoms with Crippen molar-refractivity contribution in [2.45, 2.75) is 0 Å². The molecule has 1 saturated heterocycles. The highest BCUT2D eigenvalue weighted by Crippen LogP contribution is 2.23. The smallest absolute Gasteiger partial charge is 0.160 e. The molecular formula is C10H11ClN4O. The van der Waals surface area contributed by atoms with E-state index in [9.17, 15) is 0 Å². The Morgan fingerprint density at radius 3 is 2.94 bits per heavy atom. The second kappa shape index (κ2) is 5.12. The molecule has 84 valence electrons. The summed E-state index contributed by atoms with van der Waals surface area (Å²) >= 11 is 6.02. The Morgan fingerprint density at radius 1 is 1.50 bits per heavy atom. The number of nitrogens with one attached hydrogen (secondary N) is 1. The number of morpholine rings is 1. The van der Waals surface area contributed by atoms with Crippen LogP contribution < -0.4 is 5.43 Å². The zero-order chi connectivity index (χ0) is 11.4. The number of pyridine rings is 1. The number of halogens is 1. The highest BCUT2D eigenvalue weighted by atomic mass is 35.5. The molecule has 0 spiro atoms. The summed E-state index contributed by atoms with van der Waals surface area (Å²) in [6.07, 6.45) is 1.56. The van der Waals surface area contributed by atoms with E-state index >= 15 is 0 Å². The molecule has 0 aromatic carbocycles. The van der Waals surface area contributed by atoms with Gasteiger partial charge in [0.2, 0.25) is 0 Å². The molecule has 1 aromatic heterocycles. The van der Waals surface area contributed by atoms with Gasteiger partial charge in [-0.1, -0.05) is 11.6 Å². The number of rotatable bonds is 2. The molecule has 0 bridgehead atoms. The minimum absolute atomic E-state index is 0.358. The molecule has 0 aliphatic carbocycles. The zero-order valence-corrected chi connectivity index (χ0v) is 9.37. The number of nitrogens with zero attached hydrogens (tertiary/aromatic N) is 3. The summed E-state index contributed by atoms with van der Waals surface area (Å²) in [5, 5.41) is 11.2. The average Bonchev–Trinajstić information content (AvgIpc) is 2.33. The van der Waals surface area contributed by atoms with Gasteiger partial charge in [-0.3, -0.25) is 0 Å². The Hall–Kier alpha value is -1.35. The van der Waals surface area contributed by atoms with E-state index in [1.807, 2.05) is 11.1 Å². The van der Waals surface area contributed by atoms with Crippen LogP contribution in [-0.2, 0) is 4.74 Å². The van der Waals surface area contributed by atoms with E-state index in [2.05, 4.69) is 10.4 Å². The number of hydrazine groups is 1. The molecule has 0 saturated carbocycles. The largest absolute Gasteiger partial charge is 0.379 e. The third-order valence-electron chi connectivity index (χ3n) is 2.28. The molecule has 5 nitrogen and oxygen atoms in total. The second-order valence-electron chi connectivity index (χ2n) is 3.34. The normalized spacial score (nSPS) is 16.8. The lowest BCUT2D eigenvalue weighted by Crippen LogP contribution is -2.40. The van der Waals surface area contributed by atoms with Gasteiger partial charge in [-0.15, -0.1) is 0 Å². The molecule has 1 aromatic rings. The van der Waals surface area contributed by atoms with Crippen molar-refractivity contribution in [1.82, 2.24) is 9.99 Å². The van der Waals surface area contributed by atoms with Crippen LogP contribution in [0.4, 0.5) is 5.82 Å². The number of aromatic nitrogens is 1. The first kappa shape index (κ1) is 11.1. The topological polar surface area (TPSA) is 61.2 Å². The van der Waals surface area contributed by atoms with Crippen LogP contribution in [0.3, 0.4) is 0 Å². The summed E-state index contributed by atoms with van der Waals surface area (Å²) in [5.74, 6) is 0.516. The lowest BCUT2D eigenvalue weighted by atomic mass is 10.3. The molecule has 0 unspecified atom stereocenters. The molecular weight excluding hydrogens is 228 g/mol. The van der Waals surface area contributed by atoms with E-state index in [1.165, 1.54) is 0 Å². The zero-order valence-electron chi connectivity index (χ0n) is 8.61. The molecule has 1 aliphatic heterocycles. The van der Waals surface area contributed by atoms with Crippen molar-refractivity contribution in [1.29, 1.82) is 5.26 Å². The number of nitriles is 1. The molecule has 16 heavy (non-hydrogen) atoms. The summed E-state index contributed by atoms with van der Waals surface area (Å²) in [6, 6.07) is 3.61. The summed E-state index contributed by atoms with van der Waals surface area (Å²) in [5.41, 5.74) is 3.51. The number of hydrogen-bond donors (Lipinski definition) is 1. The van der Waals surface area contributed by atoms with Crippen LogP contribution in [-0.4, -0.2) is 36.3 Å². The molecule has 6 heteroatoms. The van der Waals surface area contributed by atoms with Crippen molar-refractivity contribution >= 4 is 17.4 Å². The maximum absolute atomic E-state index is 8.83. The fourth-order valence-electron chi connectivity index (χ4n) is 1.43. The summed E-state index contributed by atoms with van der Waals surface area (Å²) in [6.45, 7) is 2.91. The van der Waals surface area contributed by atoms with Gasteiger partial charge in [-0.05, 0) is 6.07 Å². The third kappa shape index (κ3) is 2.42. The van der Waals surface area contributed by atoms with Crippen LogP contribution >= 0.6 is 11.6 Å². The van der Waals surface area contributed by atoms with E-state index in [0.717, 1.165) is 13.1 Å². The van der Waals surface area contributed by atoms with Gasteiger partial charge in [0, 0.05) is 19.3 Å². The fraction of sp³-hybridized carbons (Fsp3) is 0.400. The third-order valence-corrected chi connectivity index (χ3v) is 2.67. The van der Waals surface area contributed by atoms with Crippen LogP contribution in [0, 0.1) is 11.3 Å². The SMILES string of the molecule is N#Cc1ccnc(NN2CCOCC2)c1Cl. The molecule has 0 radical (unpaired) electrons. The van der Waals surface area contributed by atoms with E-state index in [0.29, 0.717) is 29.6 Å². The summed E-state index contributed by atoms with van der Waals surface area (Å²) in [4.78, 5) is 4.10. The lowest BCUT2D eigenvalue weighted by Gasteiger charge is -2.27. The van der Waals surface area contributed by atoms with Gasteiger partial charge in [-0.2, -0.15) is 5.26 Å². The molecule has 2 rings (SSSR count). The Kier molecular flexibility index (Phi) is 3.57. The first-order valence-electron chi connectivity index (χ1n) is 4.95. The molecule has 1 N–H and O–H groups in total. The van der Waals surface area contributed by atoms with Crippen LogP contribution in [0.25, 0.3) is 0 Å². The van der Waals surface area contributed by atoms with E-state index in [1.54, 1.807) is 12.3 Å². The minimum atomic E-state index is 0.358. The fourth-order valence-corrected chi connectivity index (χ4v) is 1.63. The van der Waals surface area contributed by atoms with Crippen molar-refractivity contribution in [2.24, 2.45) is 0 Å². The van der Waals surface area contributed by atoms with Gasteiger partial charge < -0.3 is 10.2 Å². The van der Waals surface area contributed by atoms with Crippen LogP contribution in [0.1, 0.15) is 5.56 Å². The predicted molar refractivity (Wildman–Crippen MR) is 60.0 cm³/mol. The molecule has 1 fully saturated rings. The predicted octanol–water partition coefficient (Wildman–Crippen LogP) is 1.27. The van der Waals surface area contributed by atoms with Gasteiger partial charge in [0.25, 0.3) is 0 Å². The maximum atomic E-state index is 8.83. The lowest BCUT2D eigenvalue weighted by molar-refractivity contribution is 0.0495. The summed E-state index contributed by atoms with van der Waals surface area (Å²) in [7, 11) is 0. The van der Waals surface area contributed by atoms with E-state index in [-0.39, 0.29) is 0 Å². The average molecular weight is 239 g/mol. The Labute approximate surface area is 98.6 Å². The van der Waals surface area contributed by atoms with Crippen molar-refractivity contribution in [3.05, 3.63) is 22.8 Å². The molecule has 0 amide bonds. The van der Waals surface area contributed by atoms with Crippen LogP contribution in [0.5, 0.6) is 0 Å². The highest BCUT2D eigenvalue weighted by Gasteiger charge is 2.13. The maximum Gasteiger partial charge on any atom is 0.160 e. The van der Waals surface area contributed by atoms with Crippen molar-refractivity contribution < 1.29 is 4.74 Å². The summed E-state index contributed by atoms with van der Waals surface area (Å²) < 4.78 is 5.23. The standard InChI is InChI=1S/C10H11ClN4O/c11-9-8(7-12)1-2-13-10(9)14-15-3-5-16-6-4-15/h1-2H,3-6H2,(H,13,14). The number of anilines is 1. The van der Waals surface area contributed by atoms with Gasteiger partial charge in [0.1, 0.15) is 11.1 Å². The molecule has 0 atom stereocenters. The van der Waals surface area contributed by atoms with Gasteiger partial charge >= 0.3 is 0 Å². The Morgan fingerprint density at radius 2 is 2.25 bits per heavy atom. The number of hydrogen-bond acceptors (Lipinski definition) is 5.